The van der Waals surface area contributed by atoms with Gasteiger partial charge in [-0.05, 0) is 24.0 Å². The molecule has 0 unspecified atom stereocenters. The average molecular weight is 151 g/mol. The molecule has 0 atom stereocenters. The Morgan fingerprint density at radius 2 is 2.40 bits per heavy atom. The molecular weight excluding hydrogens is 142 g/mol. The molecule has 0 saturated heterocycles. The summed E-state index contributed by atoms with van der Waals surface area (Å²) in [7, 11) is 0. The van der Waals surface area contributed by atoms with Gasteiger partial charge in [0.25, 0.3) is 0 Å². The van der Waals surface area contributed by atoms with E-state index in [1.165, 1.54) is 0 Å². The Morgan fingerprint density at radius 1 is 1.60 bits per heavy atom. The van der Waals surface area contributed by atoms with Crippen LogP contribution in [0.3, 0.4) is 0 Å². The SMILES string of the molecule is C=C(C)Sc1ccccn1. The summed E-state index contributed by atoms with van der Waals surface area (Å²) in [6, 6.07) is 5.85. The first-order valence-electron chi connectivity index (χ1n) is 3.03. The van der Waals surface area contributed by atoms with Crippen LogP contribution >= 0.6 is 11.8 Å². The molecule has 0 spiro atoms. The number of rotatable bonds is 2. The van der Waals surface area contributed by atoms with Gasteiger partial charge in [-0.1, -0.05) is 24.4 Å². The zero-order valence-corrected chi connectivity index (χ0v) is 6.69. The fraction of sp³-hybridized carbons (Fsp3) is 0.125. The van der Waals surface area contributed by atoms with Crippen molar-refractivity contribution in [3.63, 3.8) is 0 Å². The summed E-state index contributed by atoms with van der Waals surface area (Å²) in [5.41, 5.74) is 0. The molecule has 0 aliphatic rings. The van der Waals surface area contributed by atoms with Gasteiger partial charge in [-0.2, -0.15) is 0 Å². The second-order valence-electron chi connectivity index (χ2n) is 1.97. The third kappa shape index (κ3) is 2.23. The van der Waals surface area contributed by atoms with Gasteiger partial charge in [0.1, 0.15) is 5.03 Å². The summed E-state index contributed by atoms with van der Waals surface area (Å²) in [5, 5.41) is 1.01. The molecule has 0 amide bonds. The van der Waals surface area contributed by atoms with Crippen molar-refractivity contribution >= 4 is 11.8 Å². The standard InChI is InChI=1S/C8H9NS/c1-7(2)10-8-5-3-4-6-9-8/h3-6H,1H2,2H3. The van der Waals surface area contributed by atoms with Gasteiger partial charge in [-0.25, -0.2) is 4.98 Å². The molecule has 0 fully saturated rings. The van der Waals surface area contributed by atoms with Crippen molar-refractivity contribution in [1.82, 2.24) is 4.98 Å². The van der Waals surface area contributed by atoms with Crippen molar-refractivity contribution in [2.75, 3.05) is 0 Å². The predicted octanol–water partition coefficient (Wildman–Crippen LogP) is 2.71. The van der Waals surface area contributed by atoms with Crippen LogP contribution in [0.5, 0.6) is 0 Å². The maximum absolute atomic E-state index is 4.12. The lowest BCUT2D eigenvalue weighted by atomic mass is 10.5. The Hall–Kier alpha value is -0.760. The minimum absolute atomic E-state index is 1.01. The van der Waals surface area contributed by atoms with E-state index in [1.54, 1.807) is 18.0 Å². The molecule has 0 bridgehead atoms. The first-order valence-corrected chi connectivity index (χ1v) is 3.85. The smallest absolute Gasteiger partial charge is 0.100 e. The zero-order valence-electron chi connectivity index (χ0n) is 5.87. The molecule has 10 heavy (non-hydrogen) atoms. The molecule has 1 heterocycles. The molecule has 0 radical (unpaired) electrons. The minimum atomic E-state index is 1.01. The number of allylic oxidation sites excluding steroid dienone is 1. The van der Waals surface area contributed by atoms with Crippen molar-refractivity contribution in [2.24, 2.45) is 0 Å². The van der Waals surface area contributed by atoms with Gasteiger partial charge in [-0.3, -0.25) is 0 Å². The molecule has 1 aromatic rings. The highest BCUT2D eigenvalue weighted by atomic mass is 32.2. The molecule has 0 aliphatic carbocycles. The Kier molecular flexibility index (Phi) is 2.51. The van der Waals surface area contributed by atoms with Crippen LogP contribution in [0.2, 0.25) is 0 Å². The number of thioether (sulfide) groups is 1. The minimum Gasteiger partial charge on any atom is -0.250 e. The van der Waals surface area contributed by atoms with Crippen LogP contribution < -0.4 is 0 Å². The molecule has 0 N–H and O–H groups in total. The Labute approximate surface area is 65.2 Å². The van der Waals surface area contributed by atoms with E-state index in [9.17, 15) is 0 Å². The van der Waals surface area contributed by atoms with Crippen molar-refractivity contribution in [3.8, 4) is 0 Å². The molecule has 1 nitrogen and oxygen atoms in total. The highest BCUT2D eigenvalue weighted by Crippen LogP contribution is 2.21. The third-order valence-electron chi connectivity index (χ3n) is 0.917. The van der Waals surface area contributed by atoms with E-state index >= 15 is 0 Å². The fourth-order valence-electron chi connectivity index (χ4n) is 0.586. The van der Waals surface area contributed by atoms with E-state index in [1.807, 2.05) is 25.1 Å². The second-order valence-corrected chi connectivity index (χ2v) is 3.29. The van der Waals surface area contributed by atoms with Crippen LogP contribution in [0.1, 0.15) is 6.92 Å². The number of nitrogens with zero attached hydrogens (tertiary/aromatic N) is 1. The third-order valence-corrected chi connectivity index (χ3v) is 1.72. The van der Waals surface area contributed by atoms with Gasteiger partial charge in [0.2, 0.25) is 0 Å². The zero-order chi connectivity index (χ0) is 7.40. The van der Waals surface area contributed by atoms with Crippen LogP contribution in [0.15, 0.2) is 40.9 Å². The van der Waals surface area contributed by atoms with Crippen LogP contribution in [-0.2, 0) is 0 Å². The number of hydrogen-bond donors (Lipinski definition) is 0. The normalized spacial score (nSPS) is 9.30. The van der Waals surface area contributed by atoms with Crippen LogP contribution in [-0.4, -0.2) is 4.98 Å². The van der Waals surface area contributed by atoms with Crippen molar-refractivity contribution < 1.29 is 0 Å². The fourth-order valence-corrected chi connectivity index (χ4v) is 1.20. The average Bonchev–Trinajstić information content (AvgIpc) is 1.88. The summed E-state index contributed by atoms with van der Waals surface area (Å²) < 4.78 is 0. The number of aromatic nitrogens is 1. The molecule has 2 heteroatoms. The Morgan fingerprint density at radius 3 is 2.90 bits per heavy atom. The van der Waals surface area contributed by atoms with E-state index in [4.69, 9.17) is 0 Å². The first kappa shape index (κ1) is 7.35. The lowest BCUT2D eigenvalue weighted by Gasteiger charge is -1.95. The molecule has 0 saturated carbocycles. The largest absolute Gasteiger partial charge is 0.250 e. The van der Waals surface area contributed by atoms with Crippen molar-refractivity contribution in [3.05, 3.63) is 35.9 Å². The quantitative estimate of drug-likeness (QED) is 0.603. The van der Waals surface area contributed by atoms with Crippen LogP contribution in [0.25, 0.3) is 0 Å². The lowest BCUT2D eigenvalue weighted by Crippen LogP contribution is -1.74. The molecule has 1 rings (SSSR count). The van der Waals surface area contributed by atoms with Gasteiger partial charge in [-0.15, -0.1) is 0 Å². The van der Waals surface area contributed by atoms with E-state index in [-0.39, 0.29) is 0 Å². The highest BCUT2D eigenvalue weighted by molar-refractivity contribution is 8.03. The maximum atomic E-state index is 4.12. The first-order chi connectivity index (χ1) is 4.79. The lowest BCUT2D eigenvalue weighted by molar-refractivity contribution is 1.14. The van der Waals surface area contributed by atoms with Gasteiger partial charge < -0.3 is 0 Å². The summed E-state index contributed by atoms with van der Waals surface area (Å²) in [5.74, 6) is 0. The number of pyridine rings is 1. The van der Waals surface area contributed by atoms with Crippen molar-refractivity contribution in [1.29, 1.82) is 0 Å². The van der Waals surface area contributed by atoms with E-state index in [0.717, 1.165) is 9.93 Å². The van der Waals surface area contributed by atoms with E-state index in [2.05, 4.69) is 11.6 Å². The molecule has 1 aromatic heterocycles. The maximum Gasteiger partial charge on any atom is 0.100 e. The van der Waals surface area contributed by atoms with Crippen LogP contribution in [0.4, 0.5) is 0 Å². The Balaban J connectivity index is 2.67. The van der Waals surface area contributed by atoms with Gasteiger partial charge in [0.15, 0.2) is 0 Å². The molecular formula is C8H9NS. The summed E-state index contributed by atoms with van der Waals surface area (Å²) in [6.07, 6.45) is 1.78. The predicted molar refractivity (Wildman–Crippen MR) is 44.9 cm³/mol. The van der Waals surface area contributed by atoms with E-state index < -0.39 is 0 Å². The molecule has 0 aromatic carbocycles. The van der Waals surface area contributed by atoms with Gasteiger partial charge >= 0.3 is 0 Å². The number of hydrogen-bond acceptors (Lipinski definition) is 2. The topological polar surface area (TPSA) is 12.9 Å². The van der Waals surface area contributed by atoms with E-state index in [0.29, 0.717) is 0 Å². The van der Waals surface area contributed by atoms with Crippen molar-refractivity contribution in [2.45, 2.75) is 11.9 Å². The summed E-state index contributed by atoms with van der Waals surface area (Å²) >= 11 is 1.59. The van der Waals surface area contributed by atoms with Crippen LogP contribution in [0, 0.1) is 0 Å². The summed E-state index contributed by atoms with van der Waals surface area (Å²) in [6.45, 7) is 5.74. The van der Waals surface area contributed by atoms with Gasteiger partial charge in [0, 0.05) is 6.20 Å². The highest BCUT2D eigenvalue weighted by Gasteiger charge is 1.90. The summed E-state index contributed by atoms with van der Waals surface area (Å²) in [4.78, 5) is 5.19. The monoisotopic (exact) mass is 151 g/mol. The Bertz CT molecular complexity index is 218. The van der Waals surface area contributed by atoms with Gasteiger partial charge in [0.05, 0.1) is 0 Å². The molecule has 52 valence electrons. The molecule has 0 aliphatic heterocycles. The second kappa shape index (κ2) is 3.42.